The molecule has 1 rings (SSSR count). The van der Waals surface area contributed by atoms with Crippen LogP contribution in [0.5, 0.6) is 0 Å². The van der Waals surface area contributed by atoms with Crippen LogP contribution >= 0.6 is 11.6 Å². The van der Waals surface area contributed by atoms with Gasteiger partial charge in [-0.25, -0.2) is 9.37 Å². The third-order valence-corrected chi connectivity index (χ3v) is 1.21. The summed E-state index contributed by atoms with van der Waals surface area (Å²) >= 11 is 5.33. The highest BCUT2D eigenvalue weighted by Crippen LogP contribution is 2.09. The molecule has 0 aromatic carbocycles. The second kappa shape index (κ2) is 5.49. The molecule has 3 nitrogen and oxygen atoms in total. The van der Waals surface area contributed by atoms with Gasteiger partial charge in [0.25, 0.3) is 6.47 Å². The van der Waals surface area contributed by atoms with Crippen LogP contribution in [-0.4, -0.2) is 16.6 Å². The Bertz CT molecular complexity index is 268. The van der Waals surface area contributed by atoms with Crippen molar-refractivity contribution in [2.75, 3.05) is 0 Å². The second-order valence-corrected chi connectivity index (χ2v) is 2.19. The summed E-state index contributed by atoms with van der Waals surface area (Å²) in [5, 5.41) is 6.83. The van der Waals surface area contributed by atoms with Gasteiger partial charge in [-0.1, -0.05) is 11.6 Å². The number of halogens is 2. The second-order valence-electron chi connectivity index (χ2n) is 1.83. The van der Waals surface area contributed by atoms with E-state index in [2.05, 4.69) is 4.98 Å². The lowest BCUT2D eigenvalue weighted by Gasteiger charge is -1.92. The molecule has 12 heavy (non-hydrogen) atoms. The molecular weight excluding hydrogens is 185 g/mol. The van der Waals surface area contributed by atoms with E-state index in [-0.39, 0.29) is 11.6 Å². The minimum Gasteiger partial charge on any atom is -0.483 e. The minimum absolute atomic E-state index is 0.0602. The number of aryl methyl sites for hydroxylation is 1. The predicted molar refractivity (Wildman–Crippen MR) is 42.6 cm³/mol. The van der Waals surface area contributed by atoms with Gasteiger partial charge in [0.15, 0.2) is 11.0 Å². The fourth-order valence-corrected chi connectivity index (χ4v) is 0.704. The highest BCUT2D eigenvalue weighted by atomic mass is 35.5. The molecule has 1 heterocycles. The van der Waals surface area contributed by atoms with Crippen LogP contribution < -0.4 is 0 Å². The summed E-state index contributed by atoms with van der Waals surface area (Å²) in [4.78, 5) is 12.0. The number of hydrogen-bond acceptors (Lipinski definition) is 2. The Morgan fingerprint density at radius 2 is 2.17 bits per heavy atom. The van der Waals surface area contributed by atoms with Crippen LogP contribution in [0.3, 0.4) is 0 Å². The van der Waals surface area contributed by atoms with Gasteiger partial charge >= 0.3 is 0 Å². The van der Waals surface area contributed by atoms with Crippen molar-refractivity contribution in [3.63, 3.8) is 0 Å². The summed E-state index contributed by atoms with van der Waals surface area (Å²) in [7, 11) is 0. The standard InChI is InChI=1S/C6H5ClFN.CH2O2/c1-4-2-3-5(8)6(7)9-4;2-1-3/h2-3H,1H3;1H,(H,2,3). The molecule has 0 fully saturated rings. The van der Waals surface area contributed by atoms with Gasteiger partial charge in [-0.2, -0.15) is 0 Å². The van der Waals surface area contributed by atoms with Gasteiger partial charge in [-0.15, -0.1) is 0 Å². The highest BCUT2D eigenvalue weighted by Gasteiger charge is 1.97. The fraction of sp³-hybridized carbons (Fsp3) is 0.143. The first-order valence-electron chi connectivity index (χ1n) is 2.98. The zero-order valence-electron chi connectivity index (χ0n) is 6.29. The summed E-state index contributed by atoms with van der Waals surface area (Å²) in [5.41, 5.74) is 0.724. The first-order chi connectivity index (χ1) is 5.61. The van der Waals surface area contributed by atoms with Crippen LogP contribution in [0.25, 0.3) is 0 Å². The average Bonchev–Trinajstić information content (AvgIpc) is 1.99. The van der Waals surface area contributed by atoms with Gasteiger partial charge in [0.1, 0.15) is 0 Å². The van der Waals surface area contributed by atoms with Crippen molar-refractivity contribution < 1.29 is 14.3 Å². The molecule has 0 bridgehead atoms. The number of carbonyl (C=O) groups is 1. The van der Waals surface area contributed by atoms with E-state index in [1.54, 1.807) is 13.0 Å². The average molecular weight is 192 g/mol. The van der Waals surface area contributed by atoms with Crippen LogP contribution in [0.2, 0.25) is 5.15 Å². The summed E-state index contributed by atoms with van der Waals surface area (Å²) in [6.07, 6.45) is 0. The zero-order chi connectivity index (χ0) is 9.56. The number of hydrogen-bond donors (Lipinski definition) is 1. The molecule has 1 aromatic heterocycles. The van der Waals surface area contributed by atoms with Crippen molar-refractivity contribution in [3.05, 3.63) is 28.8 Å². The number of rotatable bonds is 0. The molecule has 0 saturated carbocycles. The lowest BCUT2D eigenvalue weighted by Crippen LogP contribution is -1.83. The molecule has 0 saturated heterocycles. The van der Waals surface area contributed by atoms with E-state index < -0.39 is 5.82 Å². The maximum absolute atomic E-state index is 12.3. The van der Waals surface area contributed by atoms with Crippen molar-refractivity contribution in [2.45, 2.75) is 6.92 Å². The highest BCUT2D eigenvalue weighted by molar-refractivity contribution is 6.29. The molecule has 0 aliphatic rings. The first-order valence-corrected chi connectivity index (χ1v) is 3.36. The lowest BCUT2D eigenvalue weighted by molar-refractivity contribution is -0.122. The van der Waals surface area contributed by atoms with Crippen molar-refractivity contribution in [1.82, 2.24) is 4.98 Å². The van der Waals surface area contributed by atoms with E-state index in [1.165, 1.54) is 6.07 Å². The molecular formula is C7H7ClFNO2. The molecule has 0 aliphatic heterocycles. The molecule has 5 heteroatoms. The Hall–Kier alpha value is -1.16. The molecule has 0 unspecified atom stereocenters. The zero-order valence-corrected chi connectivity index (χ0v) is 7.05. The third kappa shape index (κ3) is 3.88. The van der Waals surface area contributed by atoms with Crippen molar-refractivity contribution >= 4 is 18.1 Å². The SMILES string of the molecule is Cc1ccc(F)c(Cl)n1.O=CO. The monoisotopic (exact) mass is 191 g/mol. The fourth-order valence-electron chi connectivity index (χ4n) is 0.508. The lowest BCUT2D eigenvalue weighted by atomic mass is 10.4. The molecule has 1 aromatic rings. The van der Waals surface area contributed by atoms with Gasteiger partial charge in [0.2, 0.25) is 0 Å². The molecule has 0 spiro atoms. The van der Waals surface area contributed by atoms with Crippen molar-refractivity contribution in [3.8, 4) is 0 Å². The third-order valence-electron chi connectivity index (χ3n) is 0.942. The molecule has 0 radical (unpaired) electrons. The quantitative estimate of drug-likeness (QED) is 0.503. The Balaban J connectivity index is 0.000000354. The number of pyridine rings is 1. The minimum atomic E-state index is -0.470. The van der Waals surface area contributed by atoms with Gasteiger partial charge in [-0.3, -0.25) is 4.79 Å². The first kappa shape index (κ1) is 10.8. The van der Waals surface area contributed by atoms with Crippen molar-refractivity contribution in [1.29, 1.82) is 0 Å². The summed E-state index contributed by atoms with van der Waals surface area (Å²) < 4.78 is 12.3. The van der Waals surface area contributed by atoms with E-state index in [9.17, 15) is 4.39 Å². The van der Waals surface area contributed by atoms with E-state index in [1.807, 2.05) is 0 Å². The number of nitrogens with zero attached hydrogens (tertiary/aromatic N) is 1. The molecule has 1 N–H and O–H groups in total. The summed E-state index contributed by atoms with van der Waals surface area (Å²) in [6, 6.07) is 2.87. The maximum atomic E-state index is 12.3. The summed E-state index contributed by atoms with van der Waals surface area (Å²) in [5.74, 6) is -0.470. The van der Waals surface area contributed by atoms with Gasteiger partial charge in [0, 0.05) is 5.69 Å². The normalized spacial score (nSPS) is 8.25. The van der Waals surface area contributed by atoms with E-state index in [0.29, 0.717) is 0 Å². The molecule has 0 atom stereocenters. The smallest absolute Gasteiger partial charge is 0.290 e. The van der Waals surface area contributed by atoms with Gasteiger partial charge in [0.05, 0.1) is 0 Å². The Morgan fingerprint density at radius 1 is 1.67 bits per heavy atom. The molecule has 66 valence electrons. The van der Waals surface area contributed by atoms with Crippen LogP contribution in [0.15, 0.2) is 12.1 Å². The van der Waals surface area contributed by atoms with E-state index >= 15 is 0 Å². The van der Waals surface area contributed by atoms with Crippen LogP contribution in [-0.2, 0) is 4.79 Å². The molecule has 0 amide bonds. The van der Waals surface area contributed by atoms with Gasteiger partial charge in [-0.05, 0) is 19.1 Å². The van der Waals surface area contributed by atoms with Crippen LogP contribution in [0.4, 0.5) is 4.39 Å². The Labute approximate surface area is 73.8 Å². The van der Waals surface area contributed by atoms with E-state index in [4.69, 9.17) is 21.5 Å². The Morgan fingerprint density at radius 3 is 2.50 bits per heavy atom. The largest absolute Gasteiger partial charge is 0.483 e. The topological polar surface area (TPSA) is 50.2 Å². The molecule has 0 aliphatic carbocycles. The van der Waals surface area contributed by atoms with Crippen LogP contribution in [0.1, 0.15) is 5.69 Å². The number of carboxylic acid groups (broad SMARTS) is 1. The Kier molecular flexibility index (Phi) is 4.96. The van der Waals surface area contributed by atoms with Crippen LogP contribution in [0, 0.1) is 12.7 Å². The van der Waals surface area contributed by atoms with Gasteiger partial charge < -0.3 is 5.11 Å². The number of aromatic nitrogens is 1. The predicted octanol–water partition coefficient (Wildman–Crippen LogP) is 1.88. The summed E-state index contributed by atoms with van der Waals surface area (Å²) in [6.45, 7) is 1.51. The maximum Gasteiger partial charge on any atom is 0.290 e. The van der Waals surface area contributed by atoms with E-state index in [0.717, 1.165) is 5.69 Å². The van der Waals surface area contributed by atoms with Crippen molar-refractivity contribution in [2.24, 2.45) is 0 Å².